The number of nitrogens with zero attached hydrogens (tertiary/aromatic N) is 3. The van der Waals surface area contributed by atoms with Crippen LogP contribution in [0.15, 0.2) is 23.3 Å². The van der Waals surface area contributed by atoms with Crippen molar-refractivity contribution in [1.29, 1.82) is 0 Å². The number of halogens is 1. The van der Waals surface area contributed by atoms with Crippen molar-refractivity contribution in [3.05, 3.63) is 23.9 Å². The summed E-state index contributed by atoms with van der Waals surface area (Å²) >= 11 is 0. The van der Waals surface area contributed by atoms with Crippen molar-refractivity contribution in [3.63, 3.8) is 0 Å². The molecule has 0 fully saturated rings. The van der Waals surface area contributed by atoms with Crippen LogP contribution in [-0.4, -0.2) is 38.6 Å². The molecule has 0 radical (unpaired) electrons. The highest BCUT2D eigenvalue weighted by molar-refractivity contribution is 14.0. The van der Waals surface area contributed by atoms with Crippen molar-refractivity contribution >= 4 is 35.8 Å². The second-order valence-corrected chi connectivity index (χ2v) is 6.12. The van der Waals surface area contributed by atoms with E-state index in [-0.39, 0.29) is 24.0 Å². The van der Waals surface area contributed by atoms with Gasteiger partial charge in [0.15, 0.2) is 5.96 Å². The van der Waals surface area contributed by atoms with Crippen LogP contribution >= 0.6 is 24.0 Å². The summed E-state index contributed by atoms with van der Waals surface area (Å²) in [4.78, 5) is 10.7. The van der Waals surface area contributed by atoms with Gasteiger partial charge in [0.25, 0.3) is 0 Å². The third-order valence-electron chi connectivity index (χ3n) is 3.46. The van der Waals surface area contributed by atoms with E-state index in [1.54, 1.807) is 7.05 Å². The summed E-state index contributed by atoms with van der Waals surface area (Å²) in [5.41, 5.74) is 1.16. The van der Waals surface area contributed by atoms with Crippen molar-refractivity contribution in [1.82, 2.24) is 15.6 Å². The number of unbranched alkanes of at least 4 members (excludes halogenated alkanes) is 1. The molecule has 1 rings (SSSR count). The molecule has 0 saturated carbocycles. The molecule has 0 aliphatic rings. The number of aliphatic imine (C=N–C) groups is 1. The molecule has 0 aliphatic heterocycles. The van der Waals surface area contributed by atoms with Gasteiger partial charge in [0.2, 0.25) is 0 Å². The van der Waals surface area contributed by atoms with Gasteiger partial charge < -0.3 is 15.5 Å². The lowest BCUT2D eigenvalue weighted by Crippen LogP contribution is -2.37. The first-order chi connectivity index (χ1) is 10.5. The van der Waals surface area contributed by atoms with Crippen LogP contribution in [0.1, 0.15) is 38.7 Å². The normalized spacial score (nSPS) is 11.1. The Kier molecular flexibility index (Phi) is 11.8. The molecule has 2 N–H and O–H groups in total. The largest absolute Gasteiger partial charge is 0.362 e. The molecule has 5 nitrogen and oxygen atoms in total. The Bertz CT molecular complexity index is 460. The first kappa shape index (κ1) is 21.9. The number of pyridine rings is 1. The number of guanidine groups is 1. The summed E-state index contributed by atoms with van der Waals surface area (Å²) in [7, 11) is 5.82. The van der Waals surface area contributed by atoms with Crippen molar-refractivity contribution < 1.29 is 0 Å². The second kappa shape index (κ2) is 12.4. The van der Waals surface area contributed by atoms with E-state index in [1.165, 1.54) is 19.3 Å². The van der Waals surface area contributed by atoms with E-state index in [9.17, 15) is 0 Å². The summed E-state index contributed by atoms with van der Waals surface area (Å²) in [5.74, 6) is 2.62. The maximum absolute atomic E-state index is 4.41. The maximum Gasteiger partial charge on any atom is 0.191 e. The third-order valence-corrected chi connectivity index (χ3v) is 3.46. The Balaban J connectivity index is 0.00000484. The molecule has 0 atom stereocenters. The second-order valence-electron chi connectivity index (χ2n) is 6.12. The van der Waals surface area contributed by atoms with E-state index in [0.29, 0.717) is 6.54 Å². The first-order valence-electron chi connectivity index (χ1n) is 8.10. The monoisotopic (exact) mass is 433 g/mol. The first-order valence-corrected chi connectivity index (χ1v) is 8.10. The molecular weight excluding hydrogens is 401 g/mol. The molecule has 23 heavy (non-hydrogen) atoms. The predicted octanol–water partition coefficient (Wildman–Crippen LogP) is 3.26. The van der Waals surface area contributed by atoms with E-state index in [2.05, 4.69) is 40.5 Å². The zero-order chi connectivity index (χ0) is 16.4. The van der Waals surface area contributed by atoms with Gasteiger partial charge in [-0.05, 0) is 18.4 Å². The Hall–Kier alpha value is -1.05. The highest BCUT2D eigenvalue weighted by Crippen LogP contribution is 2.13. The molecular formula is C17H32IN5. The van der Waals surface area contributed by atoms with Crippen LogP contribution in [0.25, 0.3) is 0 Å². The van der Waals surface area contributed by atoms with Gasteiger partial charge in [0.1, 0.15) is 5.82 Å². The SMILES string of the molecule is CN=C(NCCCCC(C)C)NCc1cccnc1N(C)C.I. The summed E-state index contributed by atoms with van der Waals surface area (Å²) < 4.78 is 0. The van der Waals surface area contributed by atoms with Crippen LogP contribution in [0, 0.1) is 5.92 Å². The number of hydrogen-bond donors (Lipinski definition) is 2. The van der Waals surface area contributed by atoms with Crippen molar-refractivity contribution in [2.45, 2.75) is 39.7 Å². The van der Waals surface area contributed by atoms with E-state index < -0.39 is 0 Å². The van der Waals surface area contributed by atoms with E-state index in [1.807, 2.05) is 31.3 Å². The average Bonchev–Trinajstić information content (AvgIpc) is 2.49. The number of rotatable bonds is 8. The van der Waals surface area contributed by atoms with Crippen LogP contribution in [0.2, 0.25) is 0 Å². The van der Waals surface area contributed by atoms with Crippen molar-refractivity contribution in [3.8, 4) is 0 Å². The van der Waals surface area contributed by atoms with Crippen LogP contribution in [0.5, 0.6) is 0 Å². The maximum atomic E-state index is 4.41. The molecule has 0 spiro atoms. The summed E-state index contributed by atoms with van der Waals surface area (Å²) in [5, 5.41) is 6.72. The van der Waals surface area contributed by atoms with Gasteiger partial charge >= 0.3 is 0 Å². The van der Waals surface area contributed by atoms with Crippen LogP contribution < -0.4 is 15.5 Å². The number of aromatic nitrogens is 1. The molecule has 0 amide bonds. The quantitative estimate of drug-likeness (QED) is 0.286. The topological polar surface area (TPSA) is 52.6 Å². The molecule has 1 heterocycles. The Morgan fingerprint density at radius 3 is 2.61 bits per heavy atom. The van der Waals surface area contributed by atoms with E-state index >= 15 is 0 Å². The highest BCUT2D eigenvalue weighted by atomic mass is 127. The van der Waals surface area contributed by atoms with E-state index in [4.69, 9.17) is 0 Å². The van der Waals surface area contributed by atoms with Gasteiger partial charge in [-0.15, -0.1) is 24.0 Å². The number of anilines is 1. The molecule has 0 bridgehead atoms. The lowest BCUT2D eigenvalue weighted by molar-refractivity contribution is 0.534. The minimum absolute atomic E-state index is 0. The molecule has 0 unspecified atom stereocenters. The van der Waals surface area contributed by atoms with E-state index in [0.717, 1.165) is 29.8 Å². The zero-order valence-electron chi connectivity index (χ0n) is 15.1. The molecule has 132 valence electrons. The van der Waals surface area contributed by atoms with Gasteiger partial charge in [0, 0.05) is 46.0 Å². The Morgan fingerprint density at radius 1 is 1.26 bits per heavy atom. The molecule has 1 aromatic rings. The Morgan fingerprint density at radius 2 is 2.00 bits per heavy atom. The molecule has 0 saturated heterocycles. The van der Waals surface area contributed by atoms with Gasteiger partial charge in [-0.1, -0.05) is 32.8 Å². The fourth-order valence-electron chi connectivity index (χ4n) is 2.25. The molecule has 0 aliphatic carbocycles. The summed E-state index contributed by atoms with van der Waals surface area (Å²) in [6.07, 6.45) is 5.54. The standard InChI is InChI=1S/C17H31N5.HI/c1-14(2)9-6-7-11-20-17(18-3)21-13-15-10-8-12-19-16(15)22(4)5;/h8,10,12,14H,6-7,9,11,13H2,1-5H3,(H2,18,20,21);1H. The highest BCUT2D eigenvalue weighted by Gasteiger charge is 2.06. The molecule has 6 heteroatoms. The summed E-state index contributed by atoms with van der Waals surface area (Å²) in [6.45, 7) is 6.21. The van der Waals surface area contributed by atoms with Gasteiger partial charge in [-0.3, -0.25) is 4.99 Å². The van der Waals surface area contributed by atoms with Gasteiger partial charge in [-0.2, -0.15) is 0 Å². The van der Waals surface area contributed by atoms with Gasteiger partial charge in [-0.25, -0.2) is 4.98 Å². The fraction of sp³-hybridized carbons (Fsp3) is 0.647. The lowest BCUT2D eigenvalue weighted by Gasteiger charge is -2.17. The fourth-order valence-corrected chi connectivity index (χ4v) is 2.25. The smallest absolute Gasteiger partial charge is 0.191 e. The van der Waals surface area contributed by atoms with Crippen molar-refractivity contribution in [2.24, 2.45) is 10.9 Å². The average molecular weight is 433 g/mol. The summed E-state index contributed by atoms with van der Waals surface area (Å²) in [6, 6.07) is 4.05. The van der Waals surface area contributed by atoms with Crippen molar-refractivity contribution in [2.75, 3.05) is 32.6 Å². The van der Waals surface area contributed by atoms with Crippen LogP contribution in [0.3, 0.4) is 0 Å². The molecule has 0 aromatic carbocycles. The molecule has 1 aromatic heterocycles. The Labute approximate surface area is 158 Å². The van der Waals surface area contributed by atoms with Crippen LogP contribution in [0.4, 0.5) is 5.82 Å². The zero-order valence-corrected chi connectivity index (χ0v) is 17.4. The minimum atomic E-state index is 0. The number of hydrogen-bond acceptors (Lipinski definition) is 3. The predicted molar refractivity (Wildman–Crippen MR) is 111 cm³/mol. The lowest BCUT2D eigenvalue weighted by atomic mass is 10.1. The third kappa shape index (κ3) is 8.98. The minimum Gasteiger partial charge on any atom is -0.362 e. The number of nitrogens with one attached hydrogen (secondary N) is 2. The van der Waals surface area contributed by atoms with Crippen LogP contribution in [-0.2, 0) is 6.54 Å². The van der Waals surface area contributed by atoms with Gasteiger partial charge in [0.05, 0.1) is 0 Å².